The van der Waals surface area contributed by atoms with E-state index in [2.05, 4.69) is 84.4 Å². The second-order valence-electron chi connectivity index (χ2n) is 9.98. The van der Waals surface area contributed by atoms with Crippen LogP contribution in [0.5, 0.6) is 5.75 Å². The fraction of sp³-hybridized carbons (Fsp3) is 0.429. The molecule has 41 heavy (non-hydrogen) atoms. The predicted molar refractivity (Wildman–Crippen MR) is 174 cm³/mol. The lowest BCUT2D eigenvalue weighted by molar-refractivity contribution is -0.134. The summed E-state index contributed by atoms with van der Waals surface area (Å²) in [6, 6.07) is 6.89. The van der Waals surface area contributed by atoms with Crippen LogP contribution >= 0.6 is 11.6 Å². The van der Waals surface area contributed by atoms with Crippen LogP contribution < -0.4 is 15.4 Å². The molecule has 0 heterocycles. The number of nitrogens with one attached hydrogen (secondary N) is 2. The Labute approximate surface area is 253 Å². The fourth-order valence-electron chi connectivity index (χ4n) is 3.52. The van der Waals surface area contributed by atoms with Crippen molar-refractivity contribution in [3.8, 4) is 5.75 Å². The van der Waals surface area contributed by atoms with Crippen LogP contribution in [0.4, 0.5) is 0 Å². The van der Waals surface area contributed by atoms with Gasteiger partial charge in [0.2, 0.25) is 5.91 Å². The highest BCUT2D eigenvalue weighted by Crippen LogP contribution is 2.21. The van der Waals surface area contributed by atoms with Crippen molar-refractivity contribution in [3.05, 3.63) is 102 Å². The number of amides is 2. The van der Waals surface area contributed by atoms with Crippen LogP contribution in [0.2, 0.25) is 5.02 Å². The SMILES string of the molecule is CC/C=C\C/C=C\C/C=C\C/C=C\C/C=C\C/C=C\CCC(=O)NCCCNC(=O)C(C)(C)Oc1ccc(Cl)cc1. The molecule has 0 atom stereocenters. The molecular formula is C35H49ClN2O3. The van der Waals surface area contributed by atoms with E-state index in [0.717, 1.165) is 38.5 Å². The highest BCUT2D eigenvalue weighted by molar-refractivity contribution is 6.30. The number of benzene rings is 1. The van der Waals surface area contributed by atoms with Crippen molar-refractivity contribution >= 4 is 23.4 Å². The molecule has 0 fully saturated rings. The first-order chi connectivity index (χ1) is 19.8. The maximum atomic E-state index is 12.5. The monoisotopic (exact) mass is 580 g/mol. The Bertz CT molecular complexity index is 1030. The summed E-state index contributed by atoms with van der Waals surface area (Å²) in [6.45, 7) is 6.55. The van der Waals surface area contributed by atoms with Crippen molar-refractivity contribution < 1.29 is 14.3 Å². The summed E-state index contributed by atoms with van der Waals surface area (Å²) in [7, 11) is 0. The Morgan fingerprint density at radius 1 is 0.732 bits per heavy atom. The number of carbonyl (C=O) groups is 2. The second-order valence-corrected chi connectivity index (χ2v) is 10.4. The molecule has 1 aromatic carbocycles. The molecule has 0 saturated carbocycles. The van der Waals surface area contributed by atoms with Gasteiger partial charge in [0.25, 0.3) is 5.91 Å². The number of allylic oxidation sites excluding steroid dienone is 12. The topological polar surface area (TPSA) is 67.4 Å². The van der Waals surface area contributed by atoms with E-state index in [0.29, 0.717) is 43.1 Å². The summed E-state index contributed by atoms with van der Waals surface area (Å²) >= 11 is 5.89. The van der Waals surface area contributed by atoms with E-state index in [9.17, 15) is 9.59 Å². The fourth-order valence-corrected chi connectivity index (χ4v) is 3.64. The molecule has 224 valence electrons. The normalized spacial score (nSPS) is 12.6. The molecule has 0 unspecified atom stereocenters. The van der Waals surface area contributed by atoms with Gasteiger partial charge in [-0.25, -0.2) is 0 Å². The molecule has 1 rings (SSSR count). The highest BCUT2D eigenvalue weighted by Gasteiger charge is 2.29. The lowest BCUT2D eigenvalue weighted by Crippen LogP contribution is -2.47. The first kappa shape index (κ1) is 35.7. The Morgan fingerprint density at radius 3 is 1.71 bits per heavy atom. The van der Waals surface area contributed by atoms with Crippen LogP contribution in [0.15, 0.2) is 97.2 Å². The van der Waals surface area contributed by atoms with Gasteiger partial charge in [0.15, 0.2) is 5.60 Å². The molecule has 5 nitrogen and oxygen atoms in total. The van der Waals surface area contributed by atoms with E-state index in [4.69, 9.17) is 16.3 Å². The largest absolute Gasteiger partial charge is 0.478 e. The molecule has 6 heteroatoms. The Balaban J connectivity index is 2.02. The van der Waals surface area contributed by atoms with Crippen molar-refractivity contribution in [3.63, 3.8) is 0 Å². The van der Waals surface area contributed by atoms with Crippen LogP contribution in [0.1, 0.15) is 78.6 Å². The van der Waals surface area contributed by atoms with Crippen LogP contribution in [-0.4, -0.2) is 30.5 Å². The molecule has 2 N–H and O–H groups in total. The molecule has 0 aliphatic carbocycles. The summed E-state index contributed by atoms with van der Waals surface area (Å²) in [6.07, 6.45) is 33.7. The van der Waals surface area contributed by atoms with Crippen molar-refractivity contribution in [2.24, 2.45) is 0 Å². The second kappa shape index (κ2) is 23.4. The third-order valence-corrected chi connectivity index (χ3v) is 6.08. The number of halogens is 1. The van der Waals surface area contributed by atoms with Gasteiger partial charge in [0, 0.05) is 24.5 Å². The van der Waals surface area contributed by atoms with E-state index < -0.39 is 5.60 Å². The minimum atomic E-state index is -1.02. The number of hydrogen-bond acceptors (Lipinski definition) is 3. The maximum Gasteiger partial charge on any atom is 0.263 e. The molecule has 0 aliphatic rings. The highest BCUT2D eigenvalue weighted by atomic mass is 35.5. The first-order valence-corrected chi connectivity index (χ1v) is 15.1. The van der Waals surface area contributed by atoms with E-state index in [1.165, 1.54) is 0 Å². The molecule has 0 aromatic heterocycles. The number of hydrogen-bond donors (Lipinski definition) is 2. The Kier molecular flexibility index (Phi) is 20.4. The number of carbonyl (C=O) groups excluding carboxylic acids is 2. The quantitative estimate of drug-likeness (QED) is 0.113. The lowest BCUT2D eigenvalue weighted by Gasteiger charge is -2.25. The summed E-state index contributed by atoms with van der Waals surface area (Å²) in [5, 5.41) is 6.37. The Morgan fingerprint density at radius 2 is 1.20 bits per heavy atom. The van der Waals surface area contributed by atoms with E-state index in [1.54, 1.807) is 38.1 Å². The zero-order chi connectivity index (χ0) is 30.0. The molecular weight excluding hydrogens is 532 g/mol. The third-order valence-electron chi connectivity index (χ3n) is 5.83. The van der Waals surface area contributed by atoms with Crippen molar-refractivity contribution in [1.29, 1.82) is 0 Å². The van der Waals surface area contributed by atoms with Crippen LogP contribution in [0.25, 0.3) is 0 Å². The smallest absolute Gasteiger partial charge is 0.263 e. The van der Waals surface area contributed by atoms with Crippen molar-refractivity contribution in [1.82, 2.24) is 10.6 Å². The number of ether oxygens (including phenoxy) is 1. The number of rotatable bonds is 21. The molecule has 0 spiro atoms. The minimum Gasteiger partial charge on any atom is -0.478 e. The van der Waals surface area contributed by atoms with E-state index >= 15 is 0 Å². The van der Waals surface area contributed by atoms with Crippen LogP contribution in [0, 0.1) is 0 Å². The van der Waals surface area contributed by atoms with Gasteiger partial charge < -0.3 is 15.4 Å². The van der Waals surface area contributed by atoms with Crippen LogP contribution in [-0.2, 0) is 9.59 Å². The van der Waals surface area contributed by atoms with Gasteiger partial charge in [-0.15, -0.1) is 0 Å². The first-order valence-electron chi connectivity index (χ1n) is 14.7. The zero-order valence-electron chi connectivity index (χ0n) is 25.1. The van der Waals surface area contributed by atoms with Gasteiger partial charge in [-0.2, -0.15) is 0 Å². The van der Waals surface area contributed by atoms with Crippen molar-refractivity contribution in [2.45, 2.75) is 84.2 Å². The third kappa shape index (κ3) is 20.3. The van der Waals surface area contributed by atoms with E-state index in [-0.39, 0.29) is 11.8 Å². The standard InChI is InChI=1S/C35H49ClN2O3/c1-4-5-6-7-8-9-10-11-12-13-14-15-16-17-18-19-20-21-22-24-33(39)37-29-23-30-38-34(40)35(2,3)41-32-27-25-31(36)26-28-32/h5-6,8-9,11-12,14-15,17-18,20-21,25-28H,4,7,10,13,16,19,22-24,29-30H2,1-3H3,(H,37,39)(H,38,40)/b6-5-,9-8-,12-11-,15-14-,18-17-,21-20-. The summed E-state index contributed by atoms with van der Waals surface area (Å²) in [5.41, 5.74) is -1.02. The average Bonchev–Trinajstić information content (AvgIpc) is 2.95. The summed E-state index contributed by atoms with van der Waals surface area (Å²) in [4.78, 5) is 24.5. The molecule has 2 amide bonds. The minimum absolute atomic E-state index is 0.0160. The maximum absolute atomic E-state index is 12.5. The zero-order valence-corrected chi connectivity index (χ0v) is 25.9. The molecule has 0 aliphatic heterocycles. The predicted octanol–water partition coefficient (Wildman–Crippen LogP) is 8.60. The van der Waals surface area contributed by atoms with Gasteiger partial charge in [-0.1, -0.05) is 91.4 Å². The average molecular weight is 581 g/mol. The molecule has 0 bridgehead atoms. The van der Waals surface area contributed by atoms with E-state index in [1.807, 2.05) is 6.08 Å². The van der Waals surface area contributed by atoms with Gasteiger partial charge in [-0.3, -0.25) is 9.59 Å². The summed E-state index contributed by atoms with van der Waals surface area (Å²) < 4.78 is 5.78. The molecule has 1 aromatic rings. The van der Waals surface area contributed by atoms with Gasteiger partial charge in [0.05, 0.1) is 0 Å². The van der Waals surface area contributed by atoms with Gasteiger partial charge in [-0.05, 0) is 89.5 Å². The van der Waals surface area contributed by atoms with Gasteiger partial charge in [0.1, 0.15) is 5.75 Å². The van der Waals surface area contributed by atoms with Crippen LogP contribution in [0.3, 0.4) is 0 Å². The summed E-state index contributed by atoms with van der Waals surface area (Å²) in [5.74, 6) is 0.382. The molecule has 0 saturated heterocycles. The Hall–Kier alpha value is -3.31. The van der Waals surface area contributed by atoms with Crippen molar-refractivity contribution in [2.75, 3.05) is 13.1 Å². The van der Waals surface area contributed by atoms with Gasteiger partial charge >= 0.3 is 0 Å². The lowest BCUT2D eigenvalue weighted by atomic mass is 10.1. The molecule has 0 radical (unpaired) electrons.